The van der Waals surface area contributed by atoms with Gasteiger partial charge in [-0.1, -0.05) is 47.5 Å². The fourth-order valence-electron chi connectivity index (χ4n) is 3.32. The molecule has 3 rings (SSSR count). The summed E-state index contributed by atoms with van der Waals surface area (Å²) in [7, 11) is -3.15. The van der Waals surface area contributed by atoms with Gasteiger partial charge in [0.05, 0.1) is 5.75 Å². The summed E-state index contributed by atoms with van der Waals surface area (Å²) in [5.41, 5.74) is 3.36. The van der Waals surface area contributed by atoms with Gasteiger partial charge < -0.3 is 10.1 Å². The van der Waals surface area contributed by atoms with Crippen molar-refractivity contribution in [1.82, 2.24) is 4.98 Å². The van der Waals surface area contributed by atoms with Crippen LogP contribution in [0.4, 0.5) is 0 Å². The van der Waals surface area contributed by atoms with Crippen molar-refractivity contribution in [3.63, 3.8) is 0 Å². The molecule has 1 atom stereocenters. The summed E-state index contributed by atoms with van der Waals surface area (Å²) < 4.78 is 23.4. The van der Waals surface area contributed by atoms with Crippen molar-refractivity contribution in [2.45, 2.75) is 18.1 Å². The van der Waals surface area contributed by atoms with Crippen LogP contribution in [0.2, 0.25) is 10.0 Å². The molecule has 0 saturated carbocycles. The van der Waals surface area contributed by atoms with Crippen LogP contribution in [0, 0.1) is 0 Å². The van der Waals surface area contributed by atoms with Gasteiger partial charge in [0.2, 0.25) is 0 Å². The van der Waals surface area contributed by atoms with E-state index >= 15 is 0 Å². The summed E-state index contributed by atoms with van der Waals surface area (Å²) >= 11 is 12.4. The Morgan fingerprint density at radius 3 is 2.58 bits per heavy atom. The van der Waals surface area contributed by atoms with Crippen LogP contribution in [0.15, 0.2) is 42.6 Å². The zero-order valence-corrected chi connectivity index (χ0v) is 16.5. The van der Waals surface area contributed by atoms with E-state index in [1.54, 1.807) is 18.2 Å². The van der Waals surface area contributed by atoms with Crippen molar-refractivity contribution in [3.05, 3.63) is 69.3 Å². The highest BCUT2D eigenvalue weighted by Gasteiger charge is 2.21. The Hall–Kier alpha value is -1.53. The largest absolute Gasteiger partial charge is 0.396 e. The standard InChI is InChI=1S/C19H19Cl2NO3S/c1-26(24,25)11-12-3-2-4-16-17(10-22-19(12)16)14(7-8-23)15-6-5-13(20)9-18(15)21/h2-6,9-10,14,22-23H,7-8,11H2,1H3. The number of para-hydroxylation sites is 1. The summed E-state index contributed by atoms with van der Waals surface area (Å²) in [6.45, 7) is -0.000669. The van der Waals surface area contributed by atoms with Crippen molar-refractivity contribution in [2.24, 2.45) is 0 Å². The molecular weight excluding hydrogens is 393 g/mol. The number of rotatable bonds is 6. The Bertz CT molecular complexity index is 1040. The van der Waals surface area contributed by atoms with E-state index in [1.165, 1.54) is 6.26 Å². The molecule has 0 saturated heterocycles. The van der Waals surface area contributed by atoms with E-state index in [1.807, 2.05) is 24.4 Å². The maximum atomic E-state index is 11.7. The van der Waals surface area contributed by atoms with Crippen molar-refractivity contribution in [3.8, 4) is 0 Å². The molecule has 0 aliphatic heterocycles. The van der Waals surface area contributed by atoms with Gasteiger partial charge in [-0.05, 0) is 35.2 Å². The normalized spacial score (nSPS) is 13.2. The number of nitrogens with one attached hydrogen (secondary N) is 1. The number of H-pyrrole nitrogens is 1. The molecule has 1 aromatic heterocycles. The number of hydrogen-bond donors (Lipinski definition) is 2. The average Bonchev–Trinajstić information content (AvgIpc) is 2.97. The van der Waals surface area contributed by atoms with Crippen LogP contribution in [-0.4, -0.2) is 31.4 Å². The van der Waals surface area contributed by atoms with Gasteiger partial charge in [0.15, 0.2) is 9.84 Å². The van der Waals surface area contributed by atoms with Crippen molar-refractivity contribution >= 4 is 43.9 Å². The van der Waals surface area contributed by atoms with E-state index in [0.717, 1.165) is 27.6 Å². The first-order valence-corrected chi connectivity index (χ1v) is 10.9. The smallest absolute Gasteiger partial charge is 0.151 e. The third-order valence-corrected chi connectivity index (χ3v) is 5.78. The molecule has 0 spiro atoms. The lowest BCUT2D eigenvalue weighted by atomic mass is 9.88. The molecule has 26 heavy (non-hydrogen) atoms. The number of aliphatic hydroxyl groups excluding tert-OH is 1. The molecule has 7 heteroatoms. The number of aromatic nitrogens is 1. The van der Waals surface area contributed by atoms with Gasteiger partial charge in [-0.25, -0.2) is 8.42 Å². The molecule has 0 aliphatic rings. The third-order valence-electron chi connectivity index (χ3n) is 4.38. The van der Waals surface area contributed by atoms with Crippen LogP contribution >= 0.6 is 23.2 Å². The van der Waals surface area contributed by atoms with E-state index in [-0.39, 0.29) is 18.3 Å². The zero-order valence-electron chi connectivity index (χ0n) is 14.2. The van der Waals surface area contributed by atoms with Crippen molar-refractivity contribution in [2.75, 3.05) is 12.9 Å². The van der Waals surface area contributed by atoms with Gasteiger partial charge in [-0.3, -0.25) is 0 Å². The predicted molar refractivity (Wildman–Crippen MR) is 107 cm³/mol. The van der Waals surface area contributed by atoms with Crippen LogP contribution in [0.1, 0.15) is 29.0 Å². The Kier molecular flexibility index (Phi) is 5.63. The second-order valence-corrected chi connectivity index (χ2v) is 9.37. The van der Waals surface area contributed by atoms with E-state index < -0.39 is 9.84 Å². The highest BCUT2D eigenvalue weighted by Crippen LogP contribution is 2.38. The molecular formula is C19H19Cl2NO3S. The van der Waals surface area contributed by atoms with E-state index in [2.05, 4.69) is 4.98 Å². The number of aliphatic hydroxyl groups is 1. The molecule has 0 bridgehead atoms. The van der Waals surface area contributed by atoms with E-state index in [9.17, 15) is 13.5 Å². The predicted octanol–water partition coefficient (Wildman–Crippen LogP) is 4.53. The first-order valence-electron chi connectivity index (χ1n) is 8.12. The summed E-state index contributed by atoms with van der Waals surface area (Å²) in [5.74, 6) is -0.163. The van der Waals surface area contributed by atoms with Gasteiger partial charge in [0, 0.05) is 45.9 Å². The minimum Gasteiger partial charge on any atom is -0.396 e. The number of sulfone groups is 1. The number of benzene rings is 2. The molecule has 2 aromatic carbocycles. The Morgan fingerprint density at radius 2 is 1.92 bits per heavy atom. The fraction of sp³-hybridized carbons (Fsp3) is 0.263. The van der Waals surface area contributed by atoms with E-state index in [0.29, 0.717) is 16.5 Å². The number of fused-ring (bicyclic) bond motifs is 1. The molecule has 0 fully saturated rings. The number of hydrogen-bond acceptors (Lipinski definition) is 3. The van der Waals surface area contributed by atoms with Crippen molar-refractivity contribution in [1.29, 1.82) is 0 Å². The van der Waals surface area contributed by atoms with E-state index in [4.69, 9.17) is 23.2 Å². The zero-order chi connectivity index (χ0) is 18.9. The molecule has 2 N–H and O–H groups in total. The summed E-state index contributed by atoms with van der Waals surface area (Å²) in [4.78, 5) is 3.20. The molecule has 0 amide bonds. The van der Waals surface area contributed by atoms with Crippen LogP contribution in [0.5, 0.6) is 0 Å². The van der Waals surface area contributed by atoms with Crippen LogP contribution in [0.3, 0.4) is 0 Å². The quantitative estimate of drug-likeness (QED) is 0.625. The molecule has 4 nitrogen and oxygen atoms in total. The Labute approximate surface area is 162 Å². The van der Waals surface area contributed by atoms with Crippen LogP contribution < -0.4 is 0 Å². The lowest BCUT2D eigenvalue weighted by Crippen LogP contribution is -2.04. The van der Waals surface area contributed by atoms with Gasteiger partial charge in [0.1, 0.15) is 0 Å². The number of halogens is 2. The average molecular weight is 412 g/mol. The first kappa shape index (κ1) is 19.2. The SMILES string of the molecule is CS(=O)(=O)Cc1cccc2c(C(CCO)c3ccc(Cl)cc3Cl)c[nH]c12. The lowest BCUT2D eigenvalue weighted by molar-refractivity contribution is 0.282. The highest BCUT2D eigenvalue weighted by atomic mass is 35.5. The molecule has 138 valence electrons. The second kappa shape index (κ2) is 7.61. The maximum Gasteiger partial charge on any atom is 0.151 e. The Morgan fingerprint density at radius 1 is 1.15 bits per heavy atom. The summed E-state index contributed by atoms with van der Waals surface area (Å²) in [5, 5.41) is 11.6. The third kappa shape index (κ3) is 4.07. The second-order valence-electron chi connectivity index (χ2n) is 6.38. The van der Waals surface area contributed by atoms with Crippen LogP contribution in [-0.2, 0) is 15.6 Å². The van der Waals surface area contributed by atoms with Gasteiger partial charge >= 0.3 is 0 Å². The summed E-state index contributed by atoms with van der Waals surface area (Å²) in [6, 6.07) is 10.9. The lowest BCUT2D eigenvalue weighted by Gasteiger charge is -2.18. The fourth-order valence-corrected chi connectivity index (χ4v) is 4.67. The molecule has 1 heterocycles. The molecule has 0 aliphatic carbocycles. The van der Waals surface area contributed by atoms with Gasteiger partial charge in [-0.15, -0.1) is 0 Å². The molecule has 0 radical (unpaired) electrons. The number of aromatic amines is 1. The highest BCUT2D eigenvalue weighted by molar-refractivity contribution is 7.89. The monoisotopic (exact) mass is 411 g/mol. The maximum absolute atomic E-state index is 11.7. The minimum absolute atomic E-state index is 0.000669. The molecule has 1 unspecified atom stereocenters. The van der Waals surface area contributed by atoms with Gasteiger partial charge in [-0.2, -0.15) is 0 Å². The topological polar surface area (TPSA) is 70.2 Å². The minimum atomic E-state index is -3.15. The first-order chi connectivity index (χ1) is 12.3. The van der Waals surface area contributed by atoms with Gasteiger partial charge in [0.25, 0.3) is 0 Å². The molecule has 3 aromatic rings. The Balaban J connectivity index is 2.14. The summed E-state index contributed by atoms with van der Waals surface area (Å²) in [6.07, 6.45) is 3.57. The van der Waals surface area contributed by atoms with Crippen LogP contribution in [0.25, 0.3) is 10.9 Å². The van der Waals surface area contributed by atoms with Crippen molar-refractivity contribution < 1.29 is 13.5 Å².